The molecule has 1 N–H and O–H groups in total. The summed E-state index contributed by atoms with van der Waals surface area (Å²) in [5.74, 6) is 0.691. The summed E-state index contributed by atoms with van der Waals surface area (Å²) in [6, 6.07) is 12.9. The SMILES string of the molecule is CCCn1c(COc2ccccc2C)nc2cc(C(=O)O)ccc21. The summed E-state index contributed by atoms with van der Waals surface area (Å²) in [6.45, 7) is 5.27. The lowest BCUT2D eigenvalue weighted by Gasteiger charge is -2.11. The van der Waals surface area contributed by atoms with Crippen LogP contribution in [0, 0.1) is 6.92 Å². The van der Waals surface area contributed by atoms with Gasteiger partial charge in [-0.1, -0.05) is 25.1 Å². The highest BCUT2D eigenvalue weighted by molar-refractivity contribution is 5.92. The van der Waals surface area contributed by atoms with Crippen LogP contribution in [0.1, 0.15) is 35.1 Å². The van der Waals surface area contributed by atoms with Gasteiger partial charge >= 0.3 is 5.97 Å². The Labute approximate surface area is 140 Å². The van der Waals surface area contributed by atoms with Gasteiger partial charge in [-0.2, -0.15) is 0 Å². The molecule has 1 heterocycles. The number of nitrogens with zero attached hydrogens (tertiary/aromatic N) is 2. The molecule has 3 rings (SSSR count). The third kappa shape index (κ3) is 3.11. The molecule has 0 amide bonds. The number of hydrogen-bond acceptors (Lipinski definition) is 3. The fourth-order valence-electron chi connectivity index (χ4n) is 2.76. The van der Waals surface area contributed by atoms with Crippen molar-refractivity contribution >= 4 is 17.0 Å². The van der Waals surface area contributed by atoms with Gasteiger partial charge in [0.05, 0.1) is 16.6 Å². The third-order valence-corrected chi connectivity index (χ3v) is 3.97. The van der Waals surface area contributed by atoms with Crippen molar-refractivity contribution in [1.82, 2.24) is 9.55 Å². The number of ether oxygens (including phenoxy) is 1. The Morgan fingerprint density at radius 2 is 2.04 bits per heavy atom. The van der Waals surface area contributed by atoms with E-state index in [-0.39, 0.29) is 5.56 Å². The van der Waals surface area contributed by atoms with Crippen LogP contribution in [0.3, 0.4) is 0 Å². The number of para-hydroxylation sites is 1. The summed E-state index contributed by atoms with van der Waals surface area (Å²) in [4.78, 5) is 15.7. The highest BCUT2D eigenvalue weighted by Crippen LogP contribution is 2.22. The monoisotopic (exact) mass is 324 g/mol. The summed E-state index contributed by atoms with van der Waals surface area (Å²) in [5.41, 5.74) is 2.94. The predicted molar refractivity (Wildman–Crippen MR) is 92.5 cm³/mol. The Hall–Kier alpha value is -2.82. The average molecular weight is 324 g/mol. The zero-order valence-electron chi connectivity index (χ0n) is 13.8. The van der Waals surface area contributed by atoms with E-state index in [1.165, 1.54) is 0 Å². The molecule has 0 atom stereocenters. The molecule has 5 heteroatoms. The molecule has 0 fully saturated rings. The van der Waals surface area contributed by atoms with E-state index >= 15 is 0 Å². The molecule has 0 spiro atoms. The minimum Gasteiger partial charge on any atom is -0.485 e. The van der Waals surface area contributed by atoms with E-state index in [1.54, 1.807) is 12.1 Å². The minimum atomic E-state index is -0.945. The number of benzene rings is 2. The number of imidazole rings is 1. The molecule has 0 saturated carbocycles. The lowest BCUT2D eigenvalue weighted by molar-refractivity contribution is 0.0697. The molecule has 124 valence electrons. The summed E-state index contributed by atoms with van der Waals surface area (Å²) in [6.07, 6.45) is 0.962. The van der Waals surface area contributed by atoms with E-state index in [0.29, 0.717) is 12.1 Å². The minimum absolute atomic E-state index is 0.245. The Morgan fingerprint density at radius 1 is 1.25 bits per heavy atom. The van der Waals surface area contributed by atoms with Crippen LogP contribution >= 0.6 is 0 Å². The first-order valence-corrected chi connectivity index (χ1v) is 8.01. The van der Waals surface area contributed by atoms with Gasteiger partial charge in [-0.05, 0) is 43.2 Å². The largest absolute Gasteiger partial charge is 0.485 e. The molecule has 3 aromatic rings. The molecule has 0 aliphatic heterocycles. The molecule has 0 radical (unpaired) electrons. The highest BCUT2D eigenvalue weighted by Gasteiger charge is 2.13. The maximum Gasteiger partial charge on any atom is 0.335 e. The topological polar surface area (TPSA) is 64.4 Å². The molecular formula is C19H20N2O3. The molecule has 5 nitrogen and oxygen atoms in total. The van der Waals surface area contributed by atoms with E-state index in [9.17, 15) is 4.79 Å². The van der Waals surface area contributed by atoms with Gasteiger partial charge in [0, 0.05) is 6.54 Å². The molecule has 0 bridgehead atoms. The number of aromatic carboxylic acids is 1. The number of rotatable bonds is 6. The van der Waals surface area contributed by atoms with Crippen LogP contribution in [0.25, 0.3) is 11.0 Å². The van der Waals surface area contributed by atoms with Crippen LogP contribution in [-0.2, 0) is 13.2 Å². The molecule has 1 aromatic heterocycles. The predicted octanol–water partition coefficient (Wildman–Crippen LogP) is 4.03. The number of aromatic nitrogens is 2. The second kappa shape index (κ2) is 6.74. The first-order chi connectivity index (χ1) is 11.6. The fraction of sp³-hybridized carbons (Fsp3) is 0.263. The van der Waals surface area contributed by atoms with Crippen LogP contribution < -0.4 is 4.74 Å². The van der Waals surface area contributed by atoms with Gasteiger partial charge in [0.1, 0.15) is 18.2 Å². The summed E-state index contributed by atoms with van der Waals surface area (Å²) in [7, 11) is 0. The average Bonchev–Trinajstić information content (AvgIpc) is 2.91. The molecule has 0 unspecified atom stereocenters. The van der Waals surface area contributed by atoms with Crippen molar-refractivity contribution in [2.24, 2.45) is 0 Å². The Morgan fingerprint density at radius 3 is 2.75 bits per heavy atom. The Kier molecular flexibility index (Phi) is 4.51. The normalized spacial score (nSPS) is 10.9. The molecule has 0 aliphatic carbocycles. The second-order valence-corrected chi connectivity index (χ2v) is 5.74. The van der Waals surface area contributed by atoms with Crippen molar-refractivity contribution in [3.63, 3.8) is 0 Å². The lowest BCUT2D eigenvalue weighted by atomic mass is 10.2. The van der Waals surface area contributed by atoms with E-state index in [2.05, 4.69) is 16.5 Å². The van der Waals surface area contributed by atoms with Gasteiger partial charge in [-0.15, -0.1) is 0 Å². The van der Waals surface area contributed by atoms with Crippen molar-refractivity contribution in [2.45, 2.75) is 33.4 Å². The van der Waals surface area contributed by atoms with Crippen molar-refractivity contribution in [1.29, 1.82) is 0 Å². The maximum atomic E-state index is 11.2. The van der Waals surface area contributed by atoms with Crippen LogP contribution in [-0.4, -0.2) is 20.6 Å². The molecular weight excluding hydrogens is 304 g/mol. The van der Waals surface area contributed by atoms with Crippen molar-refractivity contribution in [3.05, 3.63) is 59.4 Å². The first kappa shape index (κ1) is 16.1. The van der Waals surface area contributed by atoms with Crippen LogP contribution in [0.5, 0.6) is 5.75 Å². The molecule has 0 saturated heterocycles. The van der Waals surface area contributed by atoms with Crippen LogP contribution in [0.15, 0.2) is 42.5 Å². The fourth-order valence-corrected chi connectivity index (χ4v) is 2.76. The van der Waals surface area contributed by atoms with Gasteiger partial charge in [0.25, 0.3) is 0 Å². The highest BCUT2D eigenvalue weighted by atomic mass is 16.5. The molecule has 2 aromatic carbocycles. The number of aryl methyl sites for hydroxylation is 2. The summed E-state index contributed by atoms with van der Waals surface area (Å²) < 4.78 is 8.01. The van der Waals surface area contributed by atoms with E-state index in [4.69, 9.17) is 9.84 Å². The quantitative estimate of drug-likeness (QED) is 0.743. The summed E-state index contributed by atoms with van der Waals surface area (Å²) >= 11 is 0. The smallest absolute Gasteiger partial charge is 0.335 e. The Balaban J connectivity index is 1.95. The number of carbonyl (C=O) groups is 1. The Bertz CT molecular complexity index is 883. The van der Waals surface area contributed by atoms with Crippen LogP contribution in [0.4, 0.5) is 0 Å². The number of hydrogen-bond donors (Lipinski definition) is 1. The zero-order chi connectivity index (χ0) is 17.1. The zero-order valence-corrected chi connectivity index (χ0v) is 13.8. The molecule has 24 heavy (non-hydrogen) atoms. The van der Waals surface area contributed by atoms with Crippen molar-refractivity contribution < 1.29 is 14.6 Å². The van der Waals surface area contributed by atoms with E-state index in [1.807, 2.05) is 37.3 Å². The molecule has 0 aliphatic rings. The number of carboxylic acid groups (broad SMARTS) is 1. The summed E-state index contributed by atoms with van der Waals surface area (Å²) in [5, 5.41) is 9.15. The first-order valence-electron chi connectivity index (χ1n) is 8.01. The van der Waals surface area contributed by atoms with Gasteiger partial charge in [-0.25, -0.2) is 9.78 Å². The lowest BCUT2D eigenvalue weighted by Crippen LogP contribution is -2.07. The van der Waals surface area contributed by atoms with E-state index < -0.39 is 5.97 Å². The van der Waals surface area contributed by atoms with Crippen LogP contribution in [0.2, 0.25) is 0 Å². The van der Waals surface area contributed by atoms with Gasteiger partial charge in [0.15, 0.2) is 0 Å². The third-order valence-electron chi connectivity index (χ3n) is 3.97. The van der Waals surface area contributed by atoms with Gasteiger partial charge < -0.3 is 14.4 Å². The van der Waals surface area contributed by atoms with Crippen molar-refractivity contribution in [2.75, 3.05) is 0 Å². The number of carboxylic acids is 1. The number of fused-ring (bicyclic) bond motifs is 1. The van der Waals surface area contributed by atoms with Gasteiger partial charge in [-0.3, -0.25) is 0 Å². The van der Waals surface area contributed by atoms with E-state index in [0.717, 1.165) is 35.6 Å². The standard InChI is InChI=1S/C19H20N2O3/c1-3-10-21-16-9-8-14(19(22)23)11-15(16)20-18(21)12-24-17-7-5-4-6-13(17)2/h4-9,11H,3,10,12H2,1-2H3,(H,22,23). The maximum absolute atomic E-state index is 11.2. The van der Waals surface area contributed by atoms with Gasteiger partial charge in [0.2, 0.25) is 0 Å². The van der Waals surface area contributed by atoms with Crippen molar-refractivity contribution in [3.8, 4) is 5.75 Å². The second-order valence-electron chi connectivity index (χ2n) is 5.74.